The van der Waals surface area contributed by atoms with Crippen molar-refractivity contribution < 1.29 is 9.53 Å². The molecule has 0 radical (unpaired) electrons. The summed E-state index contributed by atoms with van der Waals surface area (Å²) in [4.78, 5) is 19.2. The molecule has 0 unspecified atom stereocenters. The first-order valence-corrected chi connectivity index (χ1v) is 12.0. The topological polar surface area (TPSA) is 81.9 Å². The first-order chi connectivity index (χ1) is 15.5. The van der Waals surface area contributed by atoms with Crippen LogP contribution in [0.3, 0.4) is 0 Å². The maximum Gasteiger partial charge on any atom is 0.263 e. The fourth-order valence-corrected chi connectivity index (χ4v) is 4.66. The van der Waals surface area contributed by atoms with Gasteiger partial charge in [0.05, 0.1) is 24.2 Å². The summed E-state index contributed by atoms with van der Waals surface area (Å²) >= 11 is 3.02. The Kier molecular flexibility index (Phi) is 6.57. The fourth-order valence-electron chi connectivity index (χ4n) is 3.23. The van der Waals surface area contributed by atoms with Gasteiger partial charge in [-0.05, 0) is 49.9 Å². The van der Waals surface area contributed by atoms with E-state index < -0.39 is 0 Å². The normalized spacial score (nSPS) is 10.9. The number of rotatable bonds is 7. The molecular formula is C23H23N5O2S2. The van der Waals surface area contributed by atoms with E-state index in [-0.39, 0.29) is 5.91 Å². The Balaban J connectivity index is 1.53. The Hall–Kier alpha value is -3.17. The number of carbonyl (C=O) groups is 1. The maximum atomic E-state index is 12.8. The average Bonchev–Trinajstić information content (AvgIpc) is 3.40. The minimum absolute atomic E-state index is 0.141. The Labute approximate surface area is 194 Å². The molecule has 7 nitrogen and oxygen atoms in total. The molecule has 4 aromatic rings. The van der Waals surface area contributed by atoms with Crippen LogP contribution in [-0.2, 0) is 6.54 Å². The summed E-state index contributed by atoms with van der Waals surface area (Å²) in [6.45, 7) is 4.23. The minimum atomic E-state index is -0.141. The van der Waals surface area contributed by atoms with Crippen molar-refractivity contribution in [2.24, 2.45) is 0 Å². The van der Waals surface area contributed by atoms with Gasteiger partial charge in [-0.15, -0.1) is 28.2 Å². The van der Waals surface area contributed by atoms with Crippen LogP contribution < -0.4 is 10.1 Å². The molecule has 2 aromatic heterocycles. The highest BCUT2D eigenvalue weighted by atomic mass is 32.2. The molecule has 0 aliphatic rings. The molecular weight excluding hydrogens is 442 g/mol. The lowest BCUT2D eigenvalue weighted by Gasteiger charge is -2.05. The van der Waals surface area contributed by atoms with Crippen LogP contribution in [0, 0.1) is 13.8 Å². The molecule has 32 heavy (non-hydrogen) atoms. The number of aryl methyl sites for hydroxylation is 1. The lowest BCUT2D eigenvalue weighted by atomic mass is 10.2. The van der Waals surface area contributed by atoms with Crippen molar-refractivity contribution in [3.63, 3.8) is 0 Å². The summed E-state index contributed by atoms with van der Waals surface area (Å²) in [6.07, 6.45) is 2.04. The molecule has 0 fully saturated rings. The Morgan fingerprint density at radius 2 is 1.97 bits per heavy atom. The second kappa shape index (κ2) is 9.54. The van der Waals surface area contributed by atoms with Crippen molar-refractivity contribution in [3.8, 4) is 22.1 Å². The highest BCUT2D eigenvalue weighted by Gasteiger charge is 2.20. The summed E-state index contributed by atoms with van der Waals surface area (Å²) in [7, 11) is 1.63. The molecule has 2 heterocycles. The van der Waals surface area contributed by atoms with E-state index in [4.69, 9.17) is 4.74 Å². The van der Waals surface area contributed by atoms with Crippen molar-refractivity contribution in [2.45, 2.75) is 25.3 Å². The molecule has 0 spiro atoms. The Morgan fingerprint density at radius 1 is 1.19 bits per heavy atom. The summed E-state index contributed by atoms with van der Waals surface area (Å²) in [5.41, 5.74) is 4.07. The Bertz CT molecular complexity index is 1250. The molecule has 0 bridgehead atoms. The average molecular weight is 466 g/mol. The number of methoxy groups -OCH3 is 1. The first-order valence-electron chi connectivity index (χ1n) is 9.95. The molecule has 9 heteroatoms. The van der Waals surface area contributed by atoms with Gasteiger partial charge >= 0.3 is 0 Å². The van der Waals surface area contributed by atoms with E-state index in [9.17, 15) is 4.79 Å². The molecule has 2 aromatic carbocycles. The number of benzene rings is 2. The quantitative estimate of drug-likeness (QED) is 0.400. The third-order valence-electron chi connectivity index (χ3n) is 5.01. The molecule has 0 saturated heterocycles. The number of nitrogens with zero attached hydrogens (tertiary/aromatic N) is 4. The zero-order valence-corrected chi connectivity index (χ0v) is 19.9. The van der Waals surface area contributed by atoms with Gasteiger partial charge in [-0.2, -0.15) is 0 Å². The molecule has 164 valence electrons. The third kappa shape index (κ3) is 4.53. The van der Waals surface area contributed by atoms with E-state index in [1.54, 1.807) is 23.6 Å². The summed E-state index contributed by atoms with van der Waals surface area (Å²) in [6, 6.07) is 15.8. The predicted octanol–water partition coefficient (Wildman–Crippen LogP) is 4.67. The number of hydrogen-bond donors (Lipinski definition) is 1. The van der Waals surface area contributed by atoms with Crippen LogP contribution in [0.1, 0.15) is 26.6 Å². The lowest BCUT2D eigenvalue weighted by molar-refractivity contribution is 0.0954. The van der Waals surface area contributed by atoms with Gasteiger partial charge in [-0.1, -0.05) is 23.4 Å². The Morgan fingerprint density at radius 3 is 2.69 bits per heavy atom. The monoisotopic (exact) mass is 465 g/mol. The lowest BCUT2D eigenvalue weighted by Crippen LogP contribution is -2.22. The minimum Gasteiger partial charge on any atom is -0.497 e. The van der Waals surface area contributed by atoms with Crippen LogP contribution in [0.2, 0.25) is 0 Å². The number of hydrogen-bond acceptors (Lipinski definition) is 7. The number of thioether (sulfide) groups is 1. The van der Waals surface area contributed by atoms with Crippen molar-refractivity contribution >= 4 is 29.0 Å². The van der Waals surface area contributed by atoms with Gasteiger partial charge in [-0.3, -0.25) is 4.79 Å². The molecule has 0 saturated carbocycles. The van der Waals surface area contributed by atoms with E-state index in [0.29, 0.717) is 27.8 Å². The molecule has 1 amide bonds. The van der Waals surface area contributed by atoms with Crippen LogP contribution in [0.25, 0.3) is 16.4 Å². The van der Waals surface area contributed by atoms with Crippen LogP contribution >= 0.6 is 23.1 Å². The summed E-state index contributed by atoms with van der Waals surface area (Å²) in [5, 5.41) is 12.3. The van der Waals surface area contributed by atoms with Crippen molar-refractivity contribution in [2.75, 3.05) is 13.4 Å². The van der Waals surface area contributed by atoms with Gasteiger partial charge in [0.15, 0.2) is 0 Å². The highest BCUT2D eigenvalue weighted by Crippen LogP contribution is 2.30. The highest BCUT2D eigenvalue weighted by molar-refractivity contribution is 7.98. The van der Waals surface area contributed by atoms with Crippen molar-refractivity contribution in [1.29, 1.82) is 0 Å². The van der Waals surface area contributed by atoms with Crippen LogP contribution in [0.15, 0.2) is 53.4 Å². The largest absolute Gasteiger partial charge is 0.497 e. The van der Waals surface area contributed by atoms with Gasteiger partial charge in [0.2, 0.25) is 0 Å². The zero-order chi connectivity index (χ0) is 22.7. The van der Waals surface area contributed by atoms with Gasteiger partial charge in [0.25, 0.3) is 5.91 Å². The number of thiazole rings is 1. The van der Waals surface area contributed by atoms with Gasteiger partial charge in [0.1, 0.15) is 21.3 Å². The standard InChI is InChI=1S/C23H23N5O2S2/c1-14-21(22(29)24-13-16-8-10-19(31-4)11-9-16)32-23(25-14)20-15(2)28(27-26-20)17-6-5-7-18(12-17)30-3/h5-12H,13H2,1-4H3,(H,24,29). The van der Waals surface area contributed by atoms with Crippen LogP contribution in [0.4, 0.5) is 0 Å². The molecule has 0 aliphatic heterocycles. The number of carbonyl (C=O) groups excluding carboxylic acids is 1. The van der Waals surface area contributed by atoms with E-state index in [1.165, 1.54) is 16.2 Å². The third-order valence-corrected chi connectivity index (χ3v) is 6.92. The molecule has 4 rings (SSSR count). The summed E-state index contributed by atoms with van der Waals surface area (Å²) in [5.74, 6) is 0.601. The molecule has 1 N–H and O–H groups in total. The zero-order valence-electron chi connectivity index (χ0n) is 18.2. The number of ether oxygens (including phenoxy) is 1. The fraction of sp³-hybridized carbons (Fsp3) is 0.217. The SMILES string of the molecule is COc1cccc(-n2nnc(-c3nc(C)c(C(=O)NCc4ccc(SC)cc4)s3)c2C)c1. The van der Waals surface area contributed by atoms with Gasteiger partial charge in [-0.25, -0.2) is 9.67 Å². The van der Waals surface area contributed by atoms with Gasteiger partial charge < -0.3 is 10.1 Å². The second-order valence-corrected chi connectivity index (χ2v) is 8.98. The smallest absolute Gasteiger partial charge is 0.263 e. The summed E-state index contributed by atoms with van der Waals surface area (Å²) < 4.78 is 7.04. The number of nitrogens with one attached hydrogen (secondary N) is 1. The van der Waals surface area contributed by atoms with Crippen molar-refractivity contribution in [1.82, 2.24) is 25.3 Å². The predicted molar refractivity (Wildman–Crippen MR) is 128 cm³/mol. The van der Waals surface area contributed by atoms with Crippen LogP contribution in [-0.4, -0.2) is 39.3 Å². The first kappa shape index (κ1) is 22.0. The van der Waals surface area contributed by atoms with Gasteiger partial charge in [0, 0.05) is 17.5 Å². The van der Waals surface area contributed by atoms with Crippen LogP contribution in [0.5, 0.6) is 5.75 Å². The second-order valence-electron chi connectivity index (χ2n) is 7.10. The van der Waals surface area contributed by atoms with E-state index >= 15 is 0 Å². The van der Waals surface area contributed by atoms with Crippen molar-refractivity contribution in [3.05, 3.63) is 70.4 Å². The van der Waals surface area contributed by atoms with E-state index in [2.05, 4.69) is 32.7 Å². The number of amides is 1. The number of aromatic nitrogens is 4. The maximum absolute atomic E-state index is 12.8. The molecule has 0 aliphatic carbocycles. The van der Waals surface area contributed by atoms with E-state index in [1.807, 2.05) is 56.5 Å². The molecule has 0 atom stereocenters. The van der Waals surface area contributed by atoms with E-state index in [0.717, 1.165) is 22.7 Å².